The Kier molecular flexibility index (Phi) is 5.46. The van der Waals surface area contributed by atoms with E-state index in [4.69, 9.17) is 9.84 Å². The molecule has 1 heterocycles. The standard InChI is InChI=1S/C16H14F3NO4/c17-16(18,19)11-5-1-3-10(9-11)4-2-8-20-14(21)12-6-7-13(24-12)15(22)23/h1,3,5,9,12-13H,6-8H2,(H,20,21)(H,22,23)/t12-,13+/m0/s1. The van der Waals surface area contributed by atoms with E-state index >= 15 is 0 Å². The van der Waals surface area contributed by atoms with Crippen molar-refractivity contribution in [1.82, 2.24) is 5.32 Å². The number of hydrogen-bond acceptors (Lipinski definition) is 3. The molecule has 0 saturated carbocycles. The highest BCUT2D eigenvalue weighted by molar-refractivity contribution is 5.82. The Morgan fingerprint density at radius 1 is 1.29 bits per heavy atom. The van der Waals surface area contributed by atoms with Crippen LogP contribution in [0.4, 0.5) is 13.2 Å². The van der Waals surface area contributed by atoms with Gasteiger partial charge in [0.15, 0.2) is 6.10 Å². The van der Waals surface area contributed by atoms with Crippen molar-refractivity contribution in [2.45, 2.75) is 31.2 Å². The smallest absolute Gasteiger partial charge is 0.416 e. The molecule has 2 N–H and O–H groups in total. The molecule has 0 radical (unpaired) electrons. The van der Waals surface area contributed by atoms with E-state index in [1.165, 1.54) is 12.1 Å². The summed E-state index contributed by atoms with van der Waals surface area (Å²) in [6.07, 6.45) is -5.72. The third kappa shape index (κ3) is 4.73. The number of nitrogens with one attached hydrogen (secondary N) is 1. The second-order valence-corrected chi connectivity index (χ2v) is 5.13. The van der Waals surface area contributed by atoms with Crippen LogP contribution < -0.4 is 5.32 Å². The van der Waals surface area contributed by atoms with Crippen molar-refractivity contribution in [2.75, 3.05) is 6.54 Å². The van der Waals surface area contributed by atoms with E-state index in [2.05, 4.69) is 17.2 Å². The van der Waals surface area contributed by atoms with Gasteiger partial charge in [0.25, 0.3) is 0 Å². The van der Waals surface area contributed by atoms with Gasteiger partial charge in [0.05, 0.1) is 12.1 Å². The molecule has 1 amide bonds. The van der Waals surface area contributed by atoms with Crippen LogP contribution in [0.25, 0.3) is 0 Å². The Hall–Kier alpha value is -2.53. The molecule has 1 fully saturated rings. The third-order valence-corrected chi connectivity index (χ3v) is 3.36. The first-order chi connectivity index (χ1) is 11.3. The highest BCUT2D eigenvalue weighted by atomic mass is 19.4. The predicted molar refractivity (Wildman–Crippen MR) is 76.9 cm³/mol. The molecule has 1 aliphatic heterocycles. The first-order valence-corrected chi connectivity index (χ1v) is 7.09. The van der Waals surface area contributed by atoms with Crippen LogP contribution in [0, 0.1) is 11.8 Å². The number of aliphatic carboxylic acids is 1. The highest BCUT2D eigenvalue weighted by Crippen LogP contribution is 2.29. The quantitative estimate of drug-likeness (QED) is 0.822. The number of carbonyl (C=O) groups is 2. The van der Waals surface area contributed by atoms with Crippen molar-refractivity contribution in [3.63, 3.8) is 0 Å². The second kappa shape index (κ2) is 7.36. The average Bonchev–Trinajstić information content (AvgIpc) is 3.01. The molecule has 128 valence electrons. The van der Waals surface area contributed by atoms with Gasteiger partial charge in [-0.15, -0.1) is 0 Å². The summed E-state index contributed by atoms with van der Waals surface area (Å²) in [6, 6.07) is 4.56. The number of alkyl halides is 3. The molecule has 0 aromatic heterocycles. The molecule has 1 aromatic carbocycles. The van der Waals surface area contributed by atoms with Gasteiger partial charge in [-0.1, -0.05) is 17.9 Å². The highest BCUT2D eigenvalue weighted by Gasteiger charge is 2.34. The van der Waals surface area contributed by atoms with Crippen molar-refractivity contribution in [1.29, 1.82) is 0 Å². The Morgan fingerprint density at radius 2 is 2.00 bits per heavy atom. The molecule has 2 atom stereocenters. The number of halogens is 3. The van der Waals surface area contributed by atoms with Crippen LogP contribution >= 0.6 is 0 Å². The zero-order valence-corrected chi connectivity index (χ0v) is 12.4. The summed E-state index contributed by atoms with van der Waals surface area (Å²) < 4.78 is 42.8. The normalized spacial score (nSPS) is 20.1. The molecule has 1 saturated heterocycles. The number of hydrogen-bond donors (Lipinski definition) is 2. The first kappa shape index (κ1) is 17.8. The molecule has 1 aromatic rings. The molecule has 0 unspecified atom stereocenters. The predicted octanol–water partition coefficient (Wildman–Crippen LogP) is 1.81. The number of carboxylic acid groups (broad SMARTS) is 1. The lowest BCUT2D eigenvalue weighted by atomic mass is 10.1. The molecule has 0 bridgehead atoms. The van der Waals surface area contributed by atoms with Gasteiger partial charge >= 0.3 is 12.1 Å². The number of carbonyl (C=O) groups excluding carboxylic acids is 1. The van der Waals surface area contributed by atoms with Crippen LogP contribution in [0.2, 0.25) is 0 Å². The van der Waals surface area contributed by atoms with Crippen LogP contribution in [0.1, 0.15) is 24.0 Å². The Bertz CT molecular complexity index is 691. The zero-order valence-electron chi connectivity index (χ0n) is 12.4. The SMILES string of the molecule is O=C(NCC#Cc1cccc(C(F)(F)F)c1)[C@@H]1CC[C@H](C(=O)O)O1. The maximum Gasteiger partial charge on any atom is 0.416 e. The van der Waals surface area contributed by atoms with E-state index in [9.17, 15) is 22.8 Å². The van der Waals surface area contributed by atoms with Gasteiger partial charge in [0.2, 0.25) is 5.91 Å². The molecule has 24 heavy (non-hydrogen) atoms. The number of benzene rings is 1. The van der Waals surface area contributed by atoms with Crippen molar-refractivity contribution in [3.8, 4) is 11.8 Å². The molecule has 2 rings (SSSR count). The lowest BCUT2D eigenvalue weighted by molar-refractivity contribution is -0.151. The number of amides is 1. The Morgan fingerprint density at radius 3 is 2.62 bits per heavy atom. The monoisotopic (exact) mass is 341 g/mol. The Labute approximate surface area is 135 Å². The summed E-state index contributed by atoms with van der Waals surface area (Å²) in [5, 5.41) is 11.2. The number of rotatable bonds is 3. The van der Waals surface area contributed by atoms with Gasteiger partial charge in [-0.2, -0.15) is 13.2 Å². The minimum atomic E-state index is -4.44. The average molecular weight is 341 g/mol. The molecule has 5 nitrogen and oxygen atoms in total. The summed E-state index contributed by atoms with van der Waals surface area (Å²) in [4.78, 5) is 22.5. The van der Waals surface area contributed by atoms with E-state index in [0.29, 0.717) is 6.42 Å². The van der Waals surface area contributed by atoms with E-state index in [1.54, 1.807) is 0 Å². The van der Waals surface area contributed by atoms with Crippen LogP contribution in [0.5, 0.6) is 0 Å². The van der Waals surface area contributed by atoms with Crippen LogP contribution in [-0.4, -0.2) is 35.7 Å². The third-order valence-electron chi connectivity index (χ3n) is 3.36. The van der Waals surface area contributed by atoms with E-state index in [0.717, 1.165) is 12.1 Å². The maximum atomic E-state index is 12.6. The van der Waals surface area contributed by atoms with Crippen LogP contribution in [0.3, 0.4) is 0 Å². The van der Waals surface area contributed by atoms with Gasteiger partial charge in [-0.3, -0.25) is 4.79 Å². The minimum Gasteiger partial charge on any atom is -0.479 e. The van der Waals surface area contributed by atoms with Crippen molar-refractivity contribution < 1.29 is 32.6 Å². The van der Waals surface area contributed by atoms with Gasteiger partial charge in [0, 0.05) is 5.56 Å². The fourth-order valence-corrected chi connectivity index (χ4v) is 2.18. The summed E-state index contributed by atoms with van der Waals surface area (Å²) >= 11 is 0. The van der Waals surface area contributed by atoms with Crippen molar-refractivity contribution in [2.24, 2.45) is 0 Å². The maximum absolute atomic E-state index is 12.6. The van der Waals surface area contributed by atoms with Gasteiger partial charge in [-0.05, 0) is 31.0 Å². The van der Waals surface area contributed by atoms with Crippen molar-refractivity contribution >= 4 is 11.9 Å². The zero-order chi connectivity index (χ0) is 17.7. The fraction of sp³-hybridized carbons (Fsp3) is 0.375. The lowest BCUT2D eigenvalue weighted by Gasteiger charge is -2.09. The molecule has 8 heteroatoms. The first-order valence-electron chi connectivity index (χ1n) is 7.09. The van der Waals surface area contributed by atoms with Gasteiger partial charge in [0.1, 0.15) is 6.10 Å². The van der Waals surface area contributed by atoms with Gasteiger partial charge < -0.3 is 15.2 Å². The summed E-state index contributed by atoms with van der Waals surface area (Å²) in [5.74, 6) is 3.47. The van der Waals surface area contributed by atoms with E-state index < -0.39 is 35.8 Å². The van der Waals surface area contributed by atoms with E-state index in [1.807, 2.05) is 0 Å². The topological polar surface area (TPSA) is 75.6 Å². The number of ether oxygens (including phenoxy) is 1. The second-order valence-electron chi connectivity index (χ2n) is 5.13. The lowest BCUT2D eigenvalue weighted by Crippen LogP contribution is -2.35. The number of carboxylic acids is 1. The summed E-state index contributed by atoms with van der Waals surface area (Å²) in [6.45, 7) is -0.0767. The Balaban J connectivity index is 1.86. The van der Waals surface area contributed by atoms with Gasteiger partial charge in [-0.25, -0.2) is 4.79 Å². The fourth-order valence-electron chi connectivity index (χ4n) is 2.18. The van der Waals surface area contributed by atoms with Crippen molar-refractivity contribution in [3.05, 3.63) is 35.4 Å². The molecule has 0 spiro atoms. The molecule has 1 aliphatic rings. The van der Waals surface area contributed by atoms with Crippen LogP contribution in [-0.2, 0) is 20.5 Å². The minimum absolute atomic E-state index is 0.0767. The molecule has 0 aliphatic carbocycles. The summed E-state index contributed by atoms with van der Waals surface area (Å²) in [5.41, 5.74) is -0.612. The van der Waals surface area contributed by atoms with Crippen LogP contribution in [0.15, 0.2) is 24.3 Å². The summed E-state index contributed by atoms with van der Waals surface area (Å²) in [7, 11) is 0. The molecular weight excluding hydrogens is 327 g/mol. The van der Waals surface area contributed by atoms with E-state index in [-0.39, 0.29) is 18.5 Å². The largest absolute Gasteiger partial charge is 0.479 e. The molecular formula is C16H14F3NO4.